The second-order valence-corrected chi connectivity index (χ2v) is 4.71. The van der Waals surface area contributed by atoms with E-state index in [0.717, 1.165) is 5.56 Å². The Morgan fingerprint density at radius 2 is 2.32 bits per heavy atom. The van der Waals surface area contributed by atoms with Crippen molar-refractivity contribution in [3.63, 3.8) is 0 Å². The van der Waals surface area contributed by atoms with Gasteiger partial charge in [-0.05, 0) is 12.5 Å². The minimum Gasteiger partial charge on any atom is -0.374 e. The van der Waals surface area contributed by atoms with Gasteiger partial charge in [-0.1, -0.05) is 0 Å². The van der Waals surface area contributed by atoms with Crippen LogP contribution in [0.3, 0.4) is 0 Å². The average molecular weight is 266 g/mol. The van der Waals surface area contributed by atoms with Crippen LogP contribution >= 0.6 is 0 Å². The molecule has 2 rings (SSSR count). The number of amides is 2. The zero-order valence-corrected chi connectivity index (χ0v) is 11.1. The van der Waals surface area contributed by atoms with Gasteiger partial charge in [0.15, 0.2) is 0 Å². The van der Waals surface area contributed by atoms with E-state index in [0.29, 0.717) is 13.2 Å². The van der Waals surface area contributed by atoms with Gasteiger partial charge in [0.2, 0.25) is 11.8 Å². The Kier molecular flexibility index (Phi) is 3.84. The standard InChI is InChI=1S/C12H18N4O3/c1-8-11(12(13)18)16(3-4-19-8)10(17)5-9-6-14-15(2)7-9/h6-8,11H,3-5H2,1-2H3,(H2,13,18)/t8-,11+/m1/s1. The molecule has 7 heteroatoms. The smallest absolute Gasteiger partial charge is 0.242 e. The summed E-state index contributed by atoms with van der Waals surface area (Å²) in [4.78, 5) is 25.2. The lowest BCUT2D eigenvalue weighted by atomic mass is 10.1. The molecule has 19 heavy (non-hydrogen) atoms. The second kappa shape index (κ2) is 5.40. The fourth-order valence-electron chi connectivity index (χ4n) is 2.32. The molecule has 0 radical (unpaired) electrons. The molecule has 2 atom stereocenters. The van der Waals surface area contributed by atoms with E-state index in [1.807, 2.05) is 0 Å². The molecular weight excluding hydrogens is 248 g/mol. The minimum absolute atomic E-state index is 0.132. The SMILES string of the molecule is C[C@H]1OCCN(C(=O)Cc2cnn(C)c2)[C@@H]1C(N)=O. The monoisotopic (exact) mass is 266 g/mol. The van der Waals surface area contributed by atoms with Crippen LogP contribution in [0.25, 0.3) is 0 Å². The number of nitrogens with zero attached hydrogens (tertiary/aromatic N) is 3. The maximum Gasteiger partial charge on any atom is 0.242 e. The highest BCUT2D eigenvalue weighted by Gasteiger charge is 2.36. The number of ether oxygens (including phenoxy) is 1. The van der Waals surface area contributed by atoms with Crippen LogP contribution in [-0.2, 0) is 27.8 Å². The molecule has 1 saturated heterocycles. The Hall–Kier alpha value is -1.89. The van der Waals surface area contributed by atoms with Crippen LogP contribution in [0, 0.1) is 0 Å². The van der Waals surface area contributed by atoms with Crippen molar-refractivity contribution in [3.8, 4) is 0 Å². The summed E-state index contributed by atoms with van der Waals surface area (Å²) in [6, 6.07) is -0.696. The summed E-state index contributed by atoms with van der Waals surface area (Å²) in [5, 5.41) is 4.01. The highest BCUT2D eigenvalue weighted by atomic mass is 16.5. The zero-order chi connectivity index (χ0) is 14.0. The third-order valence-electron chi connectivity index (χ3n) is 3.22. The number of hydrogen-bond donors (Lipinski definition) is 1. The van der Waals surface area contributed by atoms with E-state index in [1.54, 1.807) is 31.0 Å². The predicted molar refractivity (Wildman–Crippen MR) is 67.0 cm³/mol. The Morgan fingerprint density at radius 1 is 1.58 bits per heavy atom. The van der Waals surface area contributed by atoms with Gasteiger partial charge < -0.3 is 15.4 Å². The number of primary amides is 1. The maximum absolute atomic E-state index is 12.3. The molecule has 1 aromatic rings. The lowest BCUT2D eigenvalue weighted by Crippen LogP contribution is -2.58. The van der Waals surface area contributed by atoms with Crippen LogP contribution in [0.15, 0.2) is 12.4 Å². The Balaban J connectivity index is 2.09. The summed E-state index contributed by atoms with van der Waals surface area (Å²) in [7, 11) is 1.79. The van der Waals surface area contributed by atoms with E-state index < -0.39 is 11.9 Å². The van der Waals surface area contributed by atoms with Crippen LogP contribution in [0.5, 0.6) is 0 Å². The van der Waals surface area contributed by atoms with E-state index in [-0.39, 0.29) is 18.4 Å². The molecule has 1 aliphatic rings. The molecule has 2 heterocycles. The van der Waals surface area contributed by atoms with Gasteiger partial charge in [0, 0.05) is 19.8 Å². The van der Waals surface area contributed by atoms with Crippen LogP contribution in [0.2, 0.25) is 0 Å². The largest absolute Gasteiger partial charge is 0.374 e. The van der Waals surface area contributed by atoms with Gasteiger partial charge >= 0.3 is 0 Å². The lowest BCUT2D eigenvalue weighted by Gasteiger charge is -2.37. The van der Waals surface area contributed by atoms with Gasteiger partial charge in [0.25, 0.3) is 0 Å². The first-order valence-corrected chi connectivity index (χ1v) is 6.17. The first-order chi connectivity index (χ1) is 8.99. The average Bonchev–Trinajstić information content (AvgIpc) is 2.73. The molecule has 1 aromatic heterocycles. The van der Waals surface area contributed by atoms with Crippen molar-refractivity contribution >= 4 is 11.8 Å². The summed E-state index contributed by atoms with van der Waals surface area (Å²) in [6.45, 7) is 2.56. The number of nitrogens with two attached hydrogens (primary N) is 1. The fraction of sp³-hybridized carbons (Fsp3) is 0.583. The molecule has 1 aliphatic heterocycles. The molecule has 0 aliphatic carbocycles. The molecule has 7 nitrogen and oxygen atoms in total. The molecule has 0 unspecified atom stereocenters. The Labute approximate surface area is 111 Å². The quantitative estimate of drug-likeness (QED) is 0.764. The van der Waals surface area contributed by atoms with Gasteiger partial charge in [-0.3, -0.25) is 14.3 Å². The van der Waals surface area contributed by atoms with Gasteiger partial charge in [-0.2, -0.15) is 5.10 Å². The van der Waals surface area contributed by atoms with E-state index in [2.05, 4.69) is 5.10 Å². The number of aromatic nitrogens is 2. The van der Waals surface area contributed by atoms with E-state index in [1.165, 1.54) is 4.90 Å². The summed E-state index contributed by atoms with van der Waals surface area (Å²) in [6.07, 6.45) is 3.26. The fourth-order valence-corrected chi connectivity index (χ4v) is 2.32. The maximum atomic E-state index is 12.3. The number of carbonyl (C=O) groups excluding carboxylic acids is 2. The van der Waals surface area contributed by atoms with Crippen LogP contribution in [0.4, 0.5) is 0 Å². The Bertz CT molecular complexity index is 485. The predicted octanol–water partition coefficient (Wildman–Crippen LogP) is -0.936. The van der Waals surface area contributed by atoms with Crippen LogP contribution in [0.1, 0.15) is 12.5 Å². The molecule has 2 amide bonds. The molecule has 0 saturated carbocycles. The van der Waals surface area contributed by atoms with Gasteiger partial charge in [-0.15, -0.1) is 0 Å². The number of carbonyl (C=O) groups is 2. The van der Waals surface area contributed by atoms with Gasteiger partial charge in [0.05, 0.1) is 25.3 Å². The van der Waals surface area contributed by atoms with Crippen molar-refractivity contribution in [2.75, 3.05) is 13.2 Å². The van der Waals surface area contributed by atoms with Crippen molar-refractivity contribution < 1.29 is 14.3 Å². The highest BCUT2D eigenvalue weighted by Crippen LogP contribution is 2.15. The van der Waals surface area contributed by atoms with Crippen molar-refractivity contribution in [3.05, 3.63) is 18.0 Å². The van der Waals surface area contributed by atoms with Crippen LogP contribution < -0.4 is 5.73 Å². The molecular formula is C12H18N4O3. The molecule has 104 valence electrons. The first kappa shape index (κ1) is 13.5. The molecule has 2 N–H and O–H groups in total. The molecule has 0 bridgehead atoms. The van der Waals surface area contributed by atoms with Crippen molar-refractivity contribution in [1.82, 2.24) is 14.7 Å². The van der Waals surface area contributed by atoms with Gasteiger partial charge in [0.1, 0.15) is 6.04 Å². The number of hydrogen-bond acceptors (Lipinski definition) is 4. The summed E-state index contributed by atoms with van der Waals surface area (Å²) in [5.74, 6) is -0.668. The Morgan fingerprint density at radius 3 is 2.89 bits per heavy atom. The zero-order valence-electron chi connectivity index (χ0n) is 11.1. The summed E-state index contributed by atoms with van der Waals surface area (Å²) in [5.41, 5.74) is 6.17. The van der Waals surface area contributed by atoms with E-state index in [9.17, 15) is 9.59 Å². The van der Waals surface area contributed by atoms with E-state index in [4.69, 9.17) is 10.5 Å². The number of rotatable bonds is 3. The minimum atomic E-state index is -0.696. The van der Waals surface area contributed by atoms with E-state index >= 15 is 0 Å². The lowest BCUT2D eigenvalue weighted by molar-refractivity contribution is -0.152. The molecule has 0 spiro atoms. The normalized spacial score (nSPS) is 23.4. The topological polar surface area (TPSA) is 90.4 Å². The second-order valence-electron chi connectivity index (χ2n) is 4.71. The highest BCUT2D eigenvalue weighted by molar-refractivity contribution is 5.88. The van der Waals surface area contributed by atoms with Crippen molar-refractivity contribution in [1.29, 1.82) is 0 Å². The summed E-state index contributed by atoms with van der Waals surface area (Å²) >= 11 is 0. The molecule has 0 aromatic carbocycles. The number of morpholine rings is 1. The third-order valence-corrected chi connectivity index (χ3v) is 3.22. The van der Waals surface area contributed by atoms with Crippen molar-refractivity contribution in [2.24, 2.45) is 12.8 Å². The van der Waals surface area contributed by atoms with Crippen molar-refractivity contribution in [2.45, 2.75) is 25.5 Å². The number of aryl methyl sites for hydroxylation is 1. The first-order valence-electron chi connectivity index (χ1n) is 6.17. The van der Waals surface area contributed by atoms with Crippen LogP contribution in [-0.4, -0.2) is 51.8 Å². The van der Waals surface area contributed by atoms with Gasteiger partial charge in [-0.25, -0.2) is 0 Å². The third kappa shape index (κ3) is 2.93. The molecule has 1 fully saturated rings. The summed E-state index contributed by atoms with van der Waals surface area (Å²) < 4.78 is 7.01.